The van der Waals surface area contributed by atoms with Crippen molar-refractivity contribution in [3.63, 3.8) is 0 Å². The normalized spacial score (nSPS) is 12.4. The molecule has 0 unspecified atom stereocenters. The van der Waals surface area contributed by atoms with Gasteiger partial charge in [-0.25, -0.2) is 12.8 Å². The van der Waals surface area contributed by atoms with Gasteiger partial charge in [-0.15, -0.1) is 0 Å². The molecule has 0 aliphatic rings. The largest absolute Gasteiger partial charge is 0.354 e. The summed E-state index contributed by atoms with van der Waals surface area (Å²) in [5, 5.41) is 2.77. The van der Waals surface area contributed by atoms with Crippen LogP contribution < -0.4 is 9.62 Å². The van der Waals surface area contributed by atoms with E-state index in [1.807, 2.05) is 25.1 Å². The fraction of sp³-hybridized carbons (Fsp3) is 0.350. The quantitative estimate of drug-likeness (QED) is 0.702. The Labute approximate surface area is 160 Å². The van der Waals surface area contributed by atoms with Crippen LogP contribution in [0.15, 0.2) is 48.5 Å². The molecule has 1 amide bonds. The van der Waals surface area contributed by atoms with E-state index >= 15 is 0 Å². The molecule has 2 aromatic rings. The molecule has 0 heterocycles. The summed E-state index contributed by atoms with van der Waals surface area (Å²) in [6.45, 7) is 3.94. The Morgan fingerprint density at radius 3 is 2.52 bits per heavy atom. The van der Waals surface area contributed by atoms with E-state index in [1.165, 1.54) is 36.2 Å². The van der Waals surface area contributed by atoms with Crippen LogP contribution in [0.5, 0.6) is 0 Å². The number of benzene rings is 2. The number of nitrogens with one attached hydrogen (secondary N) is 1. The zero-order chi connectivity index (χ0) is 20.0. The predicted octanol–water partition coefficient (Wildman–Crippen LogP) is 3.04. The molecule has 1 atom stereocenters. The first-order valence-electron chi connectivity index (χ1n) is 8.76. The lowest BCUT2D eigenvalue weighted by Gasteiger charge is -2.28. The topological polar surface area (TPSA) is 66.5 Å². The van der Waals surface area contributed by atoms with Crippen LogP contribution in [-0.2, 0) is 21.2 Å². The Hall–Kier alpha value is -2.41. The summed E-state index contributed by atoms with van der Waals surface area (Å²) in [5.41, 5.74) is 2.50. The number of amides is 1. The molecular weight excluding hydrogens is 367 g/mol. The molecule has 0 saturated heterocycles. The summed E-state index contributed by atoms with van der Waals surface area (Å²) in [6, 6.07) is 12.4. The smallest absolute Gasteiger partial charge is 0.243 e. The van der Waals surface area contributed by atoms with Crippen molar-refractivity contribution in [3.05, 3.63) is 65.5 Å². The van der Waals surface area contributed by atoms with Crippen LogP contribution in [0.4, 0.5) is 10.1 Å². The van der Waals surface area contributed by atoms with Gasteiger partial charge in [-0.3, -0.25) is 9.10 Å². The Morgan fingerprint density at radius 1 is 1.19 bits per heavy atom. The highest BCUT2D eigenvalue weighted by Crippen LogP contribution is 2.21. The highest BCUT2D eigenvalue weighted by atomic mass is 32.2. The average molecular weight is 392 g/mol. The highest BCUT2D eigenvalue weighted by Gasteiger charge is 2.29. The first-order valence-corrected chi connectivity index (χ1v) is 10.6. The van der Waals surface area contributed by atoms with Gasteiger partial charge < -0.3 is 5.32 Å². The average Bonchev–Trinajstić information content (AvgIpc) is 2.57. The van der Waals surface area contributed by atoms with Gasteiger partial charge in [-0.05, 0) is 50.5 Å². The molecule has 0 fully saturated rings. The number of hydrogen-bond acceptors (Lipinski definition) is 3. The van der Waals surface area contributed by atoms with Crippen molar-refractivity contribution < 1.29 is 17.6 Å². The van der Waals surface area contributed by atoms with Gasteiger partial charge in [0, 0.05) is 6.54 Å². The van der Waals surface area contributed by atoms with Crippen LogP contribution in [0.3, 0.4) is 0 Å². The van der Waals surface area contributed by atoms with Crippen molar-refractivity contribution >= 4 is 21.6 Å². The van der Waals surface area contributed by atoms with Crippen LogP contribution >= 0.6 is 0 Å². The van der Waals surface area contributed by atoms with Crippen molar-refractivity contribution in [2.24, 2.45) is 0 Å². The van der Waals surface area contributed by atoms with Gasteiger partial charge >= 0.3 is 0 Å². The second-order valence-electron chi connectivity index (χ2n) is 6.60. The summed E-state index contributed by atoms with van der Waals surface area (Å²) in [7, 11) is -3.75. The number of nitrogens with zero attached hydrogens (tertiary/aromatic N) is 1. The zero-order valence-corrected chi connectivity index (χ0v) is 16.6. The van der Waals surface area contributed by atoms with Gasteiger partial charge in [0.05, 0.1) is 11.9 Å². The second kappa shape index (κ2) is 8.99. The van der Waals surface area contributed by atoms with E-state index in [4.69, 9.17) is 0 Å². The molecule has 0 radical (unpaired) electrons. The molecule has 146 valence electrons. The maximum absolute atomic E-state index is 13.5. The van der Waals surface area contributed by atoms with Gasteiger partial charge in [0.25, 0.3) is 0 Å². The fourth-order valence-electron chi connectivity index (χ4n) is 2.94. The molecule has 1 N–H and O–H groups in total. The number of rotatable bonds is 8. The summed E-state index contributed by atoms with van der Waals surface area (Å²) in [4.78, 5) is 12.4. The maximum atomic E-state index is 13.5. The molecule has 0 aromatic heterocycles. The Balaban J connectivity index is 1.98. The van der Waals surface area contributed by atoms with Gasteiger partial charge in [0.2, 0.25) is 15.9 Å². The predicted molar refractivity (Wildman–Crippen MR) is 106 cm³/mol. The minimum absolute atomic E-state index is 0.125. The van der Waals surface area contributed by atoms with Gasteiger partial charge in [0.15, 0.2) is 0 Å². The summed E-state index contributed by atoms with van der Waals surface area (Å²) in [6.07, 6.45) is 2.55. The molecule has 0 aliphatic heterocycles. The van der Waals surface area contributed by atoms with Gasteiger partial charge in [0.1, 0.15) is 11.9 Å². The molecule has 2 aromatic carbocycles. The van der Waals surface area contributed by atoms with Crippen molar-refractivity contribution in [1.82, 2.24) is 5.32 Å². The van der Waals surface area contributed by atoms with E-state index in [-0.39, 0.29) is 5.69 Å². The Morgan fingerprint density at radius 2 is 1.89 bits per heavy atom. The first kappa shape index (κ1) is 20.9. The molecule has 0 saturated carbocycles. The van der Waals surface area contributed by atoms with Gasteiger partial charge in [-0.2, -0.15) is 0 Å². The number of carbonyl (C=O) groups is 1. The van der Waals surface area contributed by atoms with E-state index in [1.54, 1.807) is 0 Å². The standard InChI is InChI=1S/C20H25FN2O3S/c1-15-7-4-8-17(13-15)9-6-12-22-20(24)16(2)23(27(3,25)26)19-11-5-10-18(21)14-19/h4-5,7-8,10-11,13-14,16H,6,9,12H2,1-3H3,(H,22,24)/t16-/m0/s1. The third-order valence-electron chi connectivity index (χ3n) is 4.18. The van der Waals surface area contributed by atoms with Crippen molar-refractivity contribution in [3.8, 4) is 0 Å². The summed E-state index contributed by atoms with van der Waals surface area (Å²) >= 11 is 0. The number of carbonyl (C=O) groups excluding carboxylic acids is 1. The molecule has 7 heteroatoms. The number of hydrogen-bond donors (Lipinski definition) is 1. The lowest BCUT2D eigenvalue weighted by molar-refractivity contribution is -0.121. The SMILES string of the molecule is Cc1cccc(CCCNC(=O)[C@H](C)N(c2cccc(F)c2)S(C)(=O)=O)c1. The molecule has 0 aliphatic carbocycles. The van der Waals surface area contributed by atoms with Crippen LogP contribution in [0.1, 0.15) is 24.5 Å². The van der Waals surface area contributed by atoms with Crippen molar-refractivity contribution in [2.75, 3.05) is 17.1 Å². The van der Waals surface area contributed by atoms with E-state index in [2.05, 4.69) is 11.4 Å². The molecule has 2 rings (SSSR count). The van der Waals surface area contributed by atoms with Crippen LogP contribution in [0.25, 0.3) is 0 Å². The monoisotopic (exact) mass is 392 g/mol. The van der Waals surface area contributed by atoms with Gasteiger partial charge in [-0.1, -0.05) is 35.9 Å². The third kappa shape index (κ3) is 6.06. The minimum atomic E-state index is -3.75. The van der Waals surface area contributed by atoms with Crippen molar-refractivity contribution in [1.29, 1.82) is 0 Å². The number of halogens is 1. The minimum Gasteiger partial charge on any atom is -0.354 e. The van der Waals surface area contributed by atoms with E-state index in [9.17, 15) is 17.6 Å². The Kier molecular flexibility index (Phi) is 6.96. The van der Waals surface area contributed by atoms with Crippen LogP contribution in [-0.4, -0.2) is 33.2 Å². The highest BCUT2D eigenvalue weighted by molar-refractivity contribution is 7.92. The molecule has 27 heavy (non-hydrogen) atoms. The first-order chi connectivity index (χ1) is 12.7. The number of anilines is 1. The molecule has 5 nitrogen and oxygen atoms in total. The second-order valence-corrected chi connectivity index (χ2v) is 8.46. The molecule has 0 bridgehead atoms. The van der Waals surface area contributed by atoms with E-state index < -0.39 is 27.8 Å². The number of sulfonamides is 1. The number of aryl methyl sites for hydroxylation is 2. The maximum Gasteiger partial charge on any atom is 0.243 e. The van der Waals surface area contributed by atoms with E-state index in [0.29, 0.717) is 6.54 Å². The van der Waals surface area contributed by atoms with Crippen molar-refractivity contribution in [2.45, 2.75) is 32.7 Å². The van der Waals surface area contributed by atoms with Crippen LogP contribution in [0, 0.1) is 12.7 Å². The Bertz CT molecular complexity index is 900. The van der Waals surface area contributed by atoms with E-state index in [0.717, 1.165) is 29.5 Å². The molecule has 0 spiro atoms. The summed E-state index contributed by atoms with van der Waals surface area (Å²) in [5.74, 6) is -0.985. The zero-order valence-electron chi connectivity index (χ0n) is 15.8. The molecular formula is C20H25FN2O3S. The lowest BCUT2D eigenvalue weighted by Crippen LogP contribution is -2.48. The fourth-order valence-corrected chi connectivity index (χ4v) is 4.11. The van der Waals surface area contributed by atoms with Crippen LogP contribution in [0.2, 0.25) is 0 Å². The lowest BCUT2D eigenvalue weighted by atomic mass is 10.1. The summed E-state index contributed by atoms with van der Waals surface area (Å²) < 4.78 is 38.8. The third-order valence-corrected chi connectivity index (χ3v) is 5.42.